The number of hydrogen-bond acceptors (Lipinski definition) is 6. The number of ether oxygens (including phenoxy) is 3. The first-order chi connectivity index (χ1) is 14.0. The lowest BCUT2D eigenvalue weighted by Crippen LogP contribution is -2.08. The van der Waals surface area contributed by atoms with E-state index in [1.54, 1.807) is 26.4 Å². The Morgan fingerprint density at radius 2 is 1.76 bits per heavy atom. The molecule has 6 heteroatoms. The van der Waals surface area contributed by atoms with Crippen LogP contribution in [0.25, 0.3) is 21.9 Å². The van der Waals surface area contributed by atoms with Gasteiger partial charge < -0.3 is 23.7 Å². The molecule has 1 heterocycles. The van der Waals surface area contributed by atoms with Crippen LogP contribution in [-0.4, -0.2) is 26.4 Å². The van der Waals surface area contributed by atoms with Gasteiger partial charge in [-0.05, 0) is 12.8 Å². The van der Waals surface area contributed by atoms with Crippen molar-refractivity contribution in [1.82, 2.24) is 0 Å². The third-order valence-electron chi connectivity index (χ3n) is 4.91. The van der Waals surface area contributed by atoms with Gasteiger partial charge in [0.25, 0.3) is 0 Å². The quantitative estimate of drug-likeness (QED) is 0.328. The molecule has 154 valence electrons. The van der Waals surface area contributed by atoms with Crippen molar-refractivity contribution in [3.8, 4) is 23.0 Å². The van der Waals surface area contributed by atoms with E-state index in [1.165, 1.54) is 13.2 Å². The predicted molar refractivity (Wildman–Crippen MR) is 114 cm³/mol. The van der Waals surface area contributed by atoms with E-state index in [0.29, 0.717) is 40.2 Å². The fourth-order valence-electron chi connectivity index (χ4n) is 3.45. The van der Waals surface area contributed by atoms with Gasteiger partial charge in [0.15, 0.2) is 11.5 Å². The zero-order chi connectivity index (χ0) is 21.0. The maximum atomic E-state index is 13.4. The van der Waals surface area contributed by atoms with E-state index in [0.717, 1.165) is 19.3 Å². The highest BCUT2D eigenvalue weighted by Crippen LogP contribution is 2.39. The molecule has 0 aliphatic rings. The lowest BCUT2D eigenvalue weighted by Gasteiger charge is -2.15. The highest BCUT2D eigenvalue weighted by atomic mass is 16.5. The minimum Gasteiger partial charge on any atom is -0.507 e. The van der Waals surface area contributed by atoms with Crippen LogP contribution in [0.4, 0.5) is 0 Å². The van der Waals surface area contributed by atoms with Gasteiger partial charge in [-0.15, -0.1) is 0 Å². The highest BCUT2D eigenvalue weighted by molar-refractivity contribution is 5.97. The zero-order valence-electron chi connectivity index (χ0n) is 17.2. The molecule has 0 amide bonds. The molecule has 0 fully saturated rings. The van der Waals surface area contributed by atoms with Crippen molar-refractivity contribution < 1.29 is 23.7 Å². The summed E-state index contributed by atoms with van der Waals surface area (Å²) in [5.41, 5.74) is 0.959. The van der Waals surface area contributed by atoms with Crippen molar-refractivity contribution in [2.45, 2.75) is 32.6 Å². The summed E-state index contributed by atoms with van der Waals surface area (Å²) in [4.78, 5) is 13.4. The molecule has 0 aliphatic carbocycles. The number of phenols is 1. The Labute approximate surface area is 169 Å². The van der Waals surface area contributed by atoms with E-state index in [9.17, 15) is 9.90 Å². The van der Waals surface area contributed by atoms with E-state index in [1.807, 2.05) is 6.08 Å². The van der Waals surface area contributed by atoms with Crippen LogP contribution in [-0.2, 0) is 6.42 Å². The molecular weight excluding hydrogens is 372 g/mol. The molecule has 2 aromatic carbocycles. The van der Waals surface area contributed by atoms with Crippen molar-refractivity contribution in [3.05, 3.63) is 46.1 Å². The summed E-state index contributed by atoms with van der Waals surface area (Å²) in [6.07, 6.45) is 7.79. The maximum Gasteiger partial charge on any atom is 0.204 e. The fraction of sp³-hybridized carbons (Fsp3) is 0.348. The molecule has 0 saturated heterocycles. The van der Waals surface area contributed by atoms with E-state index in [2.05, 4.69) is 13.0 Å². The van der Waals surface area contributed by atoms with Crippen LogP contribution < -0.4 is 19.6 Å². The number of aromatic hydroxyl groups is 1. The van der Waals surface area contributed by atoms with E-state index in [-0.39, 0.29) is 22.1 Å². The van der Waals surface area contributed by atoms with Gasteiger partial charge in [0, 0.05) is 23.8 Å². The maximum absolute atomic E-state index is 13.4. The summed E-state index contributed by atoms with van der Waals surface area (Å²) in [5.74, 6) is 1.18. The number of fused-ring (bicyclic) bond motifs is 2. The lowest BCUT2D eigenvalue weighted by molar-refractivity contribution is 0.352. The Hall–Kier alpha value is -3.15. The van der Waals surface area contributed by atoms with Crippen molar-refractivity contribution in [2.24, 2.45) is 0 Å². The molecule has 6 nitrogen and oxygen atoms in total. The summed E-state index contributed by atoms with van der Waals surface area (Å²) in [6.45, 7) is 2.14. The Kier molecular flexibility index (Phi) is 6.32. The molecule has 29 heavy (non-hydrogen) atoms. The number of benzene rings is 2. The molecule has 3 rings (SSSR count). The molecule has 1 N–H and O–H groups in total. The predicted octanol–water partition coefficient (Wildman–Crippen LogP) is 4.97. The number of phenolic OH excluding ortho intramolecular Hbond substituents is 1. The Balaban J connectivity index is 2.31. The highest BCUT2D eigenvalue weighted by Gasteiger charge is 2.21. The summed E-state index contributed by atoms with van der Waals surface area (Å²) in [5, 5.41) is 10.9. The third kappa shape index (κ3) is 3.88. The minimum atomic E-state index is -0.320. The van der Waals surface area contributed by atoms with Gasteiger partial charge in [0.2, 0.25) is 5.43 Å². The molecular formula is C23H26O6. The van der Waals surface area contributed by atoms with E-state index < -0.39 is 0 Å². The number of rotatable bonds is 8. The summed E-state index contributed by atoms with van der Waals surface area (Å²) in [7, 11) is 4.56. The van der Waals surface area contributed by atoms with Crippen LogP contribution in [0.1, 0.15) is 31.7 Å². The van der Waals surface area contributed by atoms with Gasteiger partial charge in [0.05, 0.1) is 26.7 Å². The van der Waals surface area contributed by atoms with Crippen molar-refractivity contribution in [3.63, 3.8) is 0 Å². The summed E-state index contributed by atoms with van der Waals surface area (Å²) >= 11 is 0. The molecule has 0 unspecified atom stereocenters. The first-order valence-corrected chi connectivity index (χ1v) is 9.62. The minimum absolute atomic E-state index is 0.113. The second-order valence-corrected chi connectivity index (χ2v) is 6.73. The van der Waals surface area contributed by atoms with Crippen molar-refractivity contribution in [2.75, 3.05) is 21.3 Å². The first kappa shape index (κ1) is 20.6. The number of hydrogen-bond donors (Lipinski definition) is 1. The Morgan fingerprint density at radius 1 is 1.00 bits per heavy atom. The van der Waals surface area contributed by atoms with Crippen LogP contribution in [0.3, 0.4) is 0 Å². The smallest absolute Gasteiger partial charge is 0.204 e. The molecule has 0 spiro atoms. The van der Waals surface area contributed by atoms with Crippen LogP contribution >= 0.6 is 0 Å². The summed E-state index contributed by atoms with van der Waals surface area (Å²) in [6, 6.07) is 4.61. The SMILES string of the molecule is CCCC/C=C/Cc1c(OC)c(OC)cc2oc3cc(OC)cc(O)c3c(=O)c12. The lowest BCUT2D eigenvalue weighted by atomic mass is 10.0. The van der Waals surface area contributed by atoms with Gasteiger partial charge in [-0.1, -0.05) is 31.9 Å². The average Bonchev–Trinajstić information content (AvgIpc) is 2.72. The monoisotopic (exact) mass is 398 g/mol. The van der Waals surface area contributed by atoms with Gasteiger partial charge in [0.1, 0.15) is 28.1 Å². The normalized spacial score (nSPS) is 11.4. The Morgan fingerprint density at radius 3 is 2.41 bits per heavy atom. The molecule has 0 radical (unpaired) electrons. The van der Waals surface area contributed by atoms with Crippen molar-refractivity contribution in [1.29, 1.82) is 0 Å². The fourth-order valence-corrected chi connectivity index (χ4v) is 3.45. The number of allylic oxidation sites excluding steroid dienone is 2. The molecule has 1 aromatic heterocycles. The largest absolute Gasteiger partial charge is 0.507 e. The van der Waals surface area contributed by atoms with Crippen LogP contribution in [0.2, 0.25) is 0 Å². The van der Waals surface area contributed by atoms with Gasteiger partial charge >= 0.3 is 0 Å². The van der Waals surface area contributed by atoms with Crippen LogP contribution in [0, 0.1) is 0 Å². The Bertz CT molecular complexity index is 1110. The number of unbranched alkanes of at least 4 members (excludes halogenated alkanes) is 2. The molecule has 0 atom stereocenters. The molecule has 0 saturated carbocycles. The topological polar surface area (TPSA) is 78.1 Å². The van der Waals surface area contributed by atoms with Gasteiger partial charge in [-0.25, -0.2) is 0 Å². The first-order valence-electron chi connectivity index (χ1n) is 9.62. The molecule has 3 aromatic rings. The average molecular weight is 398 g/mol. The van der Waals surface area contributed by atoms with Gasteiger partial charge in [-0.3, -0.25) is 4.79 Å². The second-order valence-electron chi connectivity index (χ2n) is 6.73. The second kappa shape index (κ2) is 8.90. The van der Waals surface area contributed by atoms with E-state index >= 15 is 0 Å². The molecule has 0 bridgehead atoms. The third-order valence-corrected chi connectivity index (χ3v) is 4.91. The summed E-state index contributed by atoms with van der Waals surface area (Å²) < 4.78 is 22.2. The molecule has 0 aliphatic heterocycles. The zero-order valence-corrected chi connectivity index (χ0v) is 17.2. The van der Waals surface area contributed by atoms with Crippen LogP contribution in [0.5, 0.6) is 23.0 Å². The van der Waals surface area contributed by atoms with Gasteiger partial charge in [-0.2, -0.15) is 0 Å². The number of methoxy groups -OCH3 is 3. The standard InChI is InChI=1S/C23H26O6/c1-5-6-7-8-9-10-15-20-18(13-19(27-3)23(15)28-4)29-17-12-14(26-2)11-16(24)21(17)22(20)25/h8-9,11-13,24H,5-7,10H2,1-4H3/b9-8+. The van der Waals surface area contributed by atoms with Crippen LogP contribution in [0.15, 0.2) is 39.6 Å². The van der Waals surface area contributed by atoms with Crippen molar-refractivity contribution >= 4 is 21.9 Å². The van der Waals surface area contributed by atoms with E-state index in [4.69, 9.17) is 18.6 Å².